The van der Waals surface area contributed by atoms with Gasteiger partial charge in [0.25, 0.3) is 0 Å². The molecular weight excluding hydrogens is 257 g/mol. The maximum Gasteiger partial charge on any atom is 0.183 e. The minimum Gasteiger partial charge on any atom is -0.379 e. The van der Waals surface area contributed by atoms with Crippen molar-refractivity contribution >= 4 is 5.78 Å². The summed E-state index contributed by atoms with van der Waals surface area (Å²) in [6.45, 7) is 3.01. The second kappa shape index (κ2) is 5.62. The number of Topliss-reactive ketones (excluding diaryl/α,β-unsaturated/α-hetero) is 1. The van der Waals surface area contributed by atoms with Gasteiger partial charge in [0.05, 0.1) is 18.8 Å². The Balaban J connectivity index is 1.89. The Hall–Kier alpha value is -1.26. The van der Waals surface area contributed by atoms with E-state index in [4.69, 9.17) is 4.74 Å². The molecule has 1 aromatic carbocycles. The van der Waals surface area contributed by atoms with E-state index < -0.39 is 0 Å². The van der Waals surface area contributed by atoms with E-state index in [1.54, 1.807) is 12.1 Å². The van der Waals surface area contributed by atoms with Crippen molar-refractivity contribution in [1.82, 2.24) is 4.90 Å². The summed E-state index contributed by atoms with van der Waals surface area (Å²) in [5.41, 5.74) is 0.238. The fraction of sp³-hybridized carbons (Fsp3) is 0.562. The van der Waals surface area contributed by atoms with Crippen LogP contribution in [-0.4, -0.2) is 42.5 Å². The van der Waals surface area contributed by atoms with Gasteiger partial charge in [-0.05, 0) is 37.1 Å². The number of ether oxygens (including phenoxy) is 1. The molecule has 0 spiro atoms. The summed E-state index contributed by atoms with van der Waals surface area (Å²) in [4.78, 5) is 15.3. The number of hydrogen-bond donors (Lipinski definition) is 0. The Morgan fingerprint density at radius 1 is 1.10 bits per heavy atom. The molecule has 4 heteroatoms. The largest absolute Gasteiger partial charge is 0.379 e. The van der Waals surface area contributed by atoms with Crippen molar-refractivity contribution in [3.05, 3.63) is 35.6 Å². The average Bonchev–Trinajstić information content (AvgIpc) is 2.99. The first-order chi connectivity index (χ1) is 9.72. The number of rotatable bonds is 3. The molecule has 3 nitrogen and oxygen atoms in total. The van der Waals surface area contributed by atoms with Crippen LogP contribution >= 0.6 is 0 Å². The van der Waals surface area contributed by atoms with Crippen LogP contribution in [0, 0.1) is 5.82 Å². The Bertz CT molecular complexity index is 474. The van der Waals surface area contributed by atoms with E-state index in [0.717, 1.165) is 38.8 Å². The summed E-state index contributed by atoms with van der Waals surface area (Å²) >= 11 is 0. The summed E-state index contributed by atoms with van der Waals surface area (Å²) in [7, 11) is 0. The van der Waals surface area contributed by atoms with Gasteiger partial charge in [-0.15, -0.1) is 0 Å². The molecule has 1 saturated heterocycles. The van der Waals surface area contributed by atoms with Crippen molar-refractivity contribution in [2.24, 2.45) is 0 Å². The first kappa shape index (κ1) is 13.7. The highest BCUT2D eigenvalue weighted by atomic mass is 19.1. The molecule has 0 bridgehead atoms. The Morgan fingerprint density at radius 2 is 1.70 bits per heavy atom. The molecule has 108 valence electrons. The van der Waals surface area contributed by atoms with Crippen molar-refractivity contribution in [3.8, 4) is 0 Å². The highest BCUT2D eigenvalue weighted by Crippen LogP contribution is 2.38. The Morgan fingerprint density at radius 3 is 2.30 bits per heavy atom. The number of morpholine rings is 1. The van der Waals surface area contributed by atoms with Crippen molar-refractivity contribution < 1.29 is 13.9 Å². The molecule has 0 radical (unpaired) electrons. The summed E-state index contributed by atoms with van der Waals surface area (Å²) in [5, 5.41) is 0. The van der Waals surface area contributed by atoms with Gasteiger partial charge in [-0.25, -0.2) is 4.39 Å². The van der Waals surface area contributed by atoms with Gasteiger partial charge in [0.1, 0.15) is 5.82 Å². The maximum atomic E-state index is 13.0. The topological polar surface area (TPSA) is 29.5 Å². The first-order valence-corrected chi connectivity index (χ1v) is 7.35. The van der Waals surface area contributed by atoms with Gasteiger partial charge < -0.3 is 4.74 Å². The van der Waals surface area contributed by atoms with Crippen molar-refractivity contribution in [2.45, 2.75) is 31.2 Å². The standard InChI is InChI=1S/C16H20FNO2/c17-14-5-3-13(4-6-14)15(19)16(7-1-2-8-16)18-9-11-20-12-10-18/h3-6H,1-2,7-12H2. The summed E-state index contributed by atoms with van der Waals surface area (Å²) in [6, 6.07) is 5.96. The van der Waals surface area contributed by atoms with Gasteiger partial charge in [0.15, 0.2) is 5.78 Å². The minimum absolute atomic E-state index is 0.150. The summed E-state index contributed by atoms with van der Waals surface area (Å²) < 4.78 is 18.4. The van der Waals surface area contributed by atoms with E-state index in [9.17, 15) is 9.18 Å². The molecule has 0 unspecified atom stereocenters. The van der Waals surface area contributed by atoms with Crippen molar-refractivity contribution in [1.29, 1.82) is 0 Å². The average molecular weight is 277 g/mol. The van der Waals surface area contributed by atoms with Crippen LogP contribution in [0.1, 0.15) is 36.0 Å². The lowest BCUT2D eigenvalue weighted by Crippen LogP contribution is -2.56. The number of nitrogens with zero attached hydrogens (tertiary/aromatic N) is 1. The SMILES string of the molecule is O=C(c1ccc(F)cc1)C1(N2CCOCC2)CCCC1. The lowest BCUT2D eigenvalue weighted by Gasteiger charge is -2.42. The number of carbonyl (C=O) groups excluding carboxylic acids is 1. The quantitative estimate of drug-likeness (QED) is 0.796. The van der Waals surface area contributed by atoms with Crippen LogP contribution in [0.3, 0.4) is 0 Å². The summed E-state index contributed by atoms with van der Waals surface area (Å²) in [5.74, 6) is -0.148. The van der Waals surface area contributed by atoms with Crippen LogP contribution in [0.4, 0.5) is 4.39 Å². The van der Waals surface area contributed by atoms with Crippen molar-refractivity contribution in [3.63, 3.8) is 0 Å². The number of carbonyl (C=O) groups is 1. The Labute approximate surface area is 118 Å². The Kier molecular flexibility index (Phi) is 3.85. The van der Waals surface area contributed by atoms with Crippen LogP contribution in [0.5, 0.6) is 0 Å². The molecule has 0 N–H and O–H groups in total. The number of ketones is 1. The summed E-state index contributed by atoms with van der Waals surface area (Å²) in [6.07, 6.45) is 3.99. The van der Waals surface area contributed by atoms with Crippen molar-refractivity contribution in [2.75, 3.05) is 26.3 Å². The van der Waals surface area contributed by atoms with Crippen LogP contribution in [-0.2, 0) is 4.74 Å². The molecule has 0 amide bonds. The zero-order valence-corrected chi connectivity index (χ0v) is 11.6. The molecule has 0 aromatic heterocycles. The smallest absolute Gasteiger partial charge is 0.183 e. The van der Waals surface area contributed by atoms with E-state index in [1.165, 1.54) is 12.1 Å². The lowest BCUT2D eigenvalue weighted by atomic mass is 9.85. The molecule has 20 heavy (non-hydrogen) atoms. The molecule has 2 fully saturated rings. The fourth-order valence-electron chi connectivity index (χ4n) is 3.51. The third-order valence-electron chi connectivity index (χ3n) is 4.58. The number of halogens is 1. The lowest BCUT2D eigenvalue weighted by molar-refractivity contribution is -0.0130. The zero-order valence-electron chi connectivity index (χ0n) is 11.6. The van der Waals surface area contributed by atoms with Gasteiger partial charge >= 0.3 is 0 Å². The third-order valence-corrected chi connectivity index (χ3v) is 4.58. The van der Waals surface area contributed by atoms with Gasteiger partial charge in [0.2, 0.25) is 0 Å². The van der Waals surface area contributed by atoms with E-state index in [1.807, 2.05) is 0 Å². The van der Waals surface area contributed by atoms with E-state index in [-0.39, 0.29) is 17.1 Å². The molecule has 1 aliphatic carbocycles. The molecule has 2 aliphatic rings. The second-order valence-electron chi connectivity index (χ2n) is 5.67. The second-order valence-corrected chi connectivity index (χ2v) is 5.67. The normalized spacial score (nSPS) is 22.9. The third kappa shape index (κ3) is 2.38. The number of benzene rings is 1. The molecule has 1 aromatic rings. The number of hydrogen-bond acceptors (Lipinski definition) is 3. The fourth-order valence-corrected chi connectivity index (χ4v) is 3.51. The first-order valence-electron chi connectivity index (χ1n) is 7.35. The highest BCUT2D eigenvalue weighted by molar-refractivity contribution is 6.03. The van der Waals surface area contributed by atoms with E-state index in [0.29, 0.717) is 18.8 Å². The highest BCUT2D eigenvalue weighted by Gasteiger charge is 2.46. The molecule has 1 aliphatic heterocycles. The predicted octanol–water partition coefficient (Wildman–Crippen LogP) is 2.65. The minimum atomic E-state index is -0.387. The van der Waals surface area contributed by atoms with E-state index in [2.05, 4.69) is 4.90 Å². The van der Waals surface area contributed by atoms with E-state index >= 15 is 0 Å². The molecule has 0 atom stereocenters. The van der Waals surface area contributed by atoms with Crippen LogP contribution in [0.25, 0.3) is 0 Å². The van der Waals surface area contributed by atoms with Crippen LogP contribution in [0.15, 0.2) is 24.3 Å². The maximum absolute atomic E-state index is 13.0. The monoisotopic (exact) mass is 277 g/mol. The predicted molar refractivity (Wildman–Crippen MR) is 74.3 cm³/mol. The molecule has 1 saturated carbocycles. The van der Waals surface area contributed by atoms with Crippen LogP contribution in [0.2, 0.25) is 0 Å². The molecular formula is C16H20FNO2. The zero-order chi connectivity index (χ0) is 14.0. The van der Waals surface area contributed by atoms with Gasteiger partial charge in [-0.3, -0.25) is 9.69 Å². The van der Waals surface area contributed by atoms with Crippen LogP contribution < -0.4 is 0 Å². The van der Waals surface area contributed by atoms with Gasteiger partial charge in [0, 0.05) is 18.7 Å². The molecule has 1 heterocycles. The van der Waals surface area contributed by atoms with Gasteiger partial charge in [-0.1, -0.05) is 12.8 Å². The molecule has 3 rings (SSSR count). The van der Waals surface area contributed by atoms with Gasteiger partial charge in [-0.2, -0.15) is 0 Å².